The Morgan fingerprint density at radius 3 is 2.58 bits per heavy atom. The monoisotopic (exact) mass is 278 g/mol. The van der Waals surface area contributed by atoms with E-state index >= 15 is 0 Å². The van der Waals surface area contributed by atoms with Crippen molar-refractivity contribution in [2.24, 2.45) is 0 Å². The molecule has 0 bridgehead atoms. The Kier molecular flexibility index (Phi) is 4.20. The Balaban J connectivity index is 2.47. The molecule has 1 unspecified atom stereocenters. The van der Waals surface area contributed by atoms with Crippen LogP contribution in [0.15, 0.2) is 42.5 Å². The van der Waals surface area contributed by atoms with Gasteiger partial charge in [0.1, 0.15) is 0 Å². The molecule has 0 aliphatic carbocycles. The third-order valence-corrected chi connectivity index (χ3v) is 5.77. The summed E-state index contributed by atoms with van der Waals surface area (Å²) >= 11 is 0. The summed E-state index contributed by atoms with van der Waals surface area (Å²) in [6.45, 7) is 1.95. The van der Waals surface area contributed by atoms with E-state index in [2.05, 4.69) is 0 Å². The van der Waals surface area contributed by atoms with Gasteiger partial charge in [-0.2, -0.15) is 0 Å². The van der Waals surface area contributed by atoms with E-state index in [1.807, 2.05) is 49.4 Å². The van der Waals surface area contributed by atoms with Crippen molar-refractivity contribution < 1.29 is 13.7 Å². The van der Waals surface area contributed by atoms with Crippen LogP contribution in [0.4, 0.5) is 0 Å². The largest absolute Gasteiger partial charge is 0.468 e. The summed E-state index contributed by atoms with van der Waals surface area (Å²) in [5, 5.41) is 0. The SMILES string of the molecule is COC(=O)[C@]1([C@@H](C)c2ccccc2)CC=CCS1=O. The van der Waals surface area contributed by atoms with Crippen LogP contribution in [0.3, 0.4) is 0 Å². The number of rotatable bonds is 3. The normalized spacial score (nSPS) is 27.8. The molecule has 1 aromatic rings. The molecule has 3 atom stereocenters. The zero-order valence-electron chi connectivity index (χ0n) is 11.2. The number of allylic oxidation sites excluding steroid dienone is 1. The Bertz CT molecular complexity index is 509. The van der Waals surface area contributed by atoms with Crippen LogP contribution in [0.25, 0.3) is 0 Å². The molecule has 1 aliphatic heterocycles. The topological polar surface area (TPSA) is 43.4 Å². The molecular weight excluding hydrogens is 260 g/mol. The van der Waals surface area contributed by atoms with E-state index in [1.54, 1.807) is 0 Å². The maximum atomic E-state index is 12.5. The van der Waals surface area contributed by atoms with Crippen LogP contribution in [0.1, 0.15) is 24.8 Å². The van der Waals surface area contributed by atoms with Crippen LogP contribution in [0.2, 0.25) is 0 Å². The molecule has 1 aromatic carbocycles. The van der Waals surface area contributed by atoms with Crippen LogP contribution >= 0.6 is 0 Å². The van der Waals surface area contributed by atoms with Crippen LogP contribution in [0.5, 0.6) is 0 Å². The van der Waals surface area contributed by atoms with E-state index in [1.165, 1.54) is 7.11 Å². The van der Waals surface area contributed by atoms with Gasteiger partial charge in [-0.3, -0.25) is 9.00 Å². The van der Waals surface area contributed by atoms with Crippen molar-refractivity contribution in [2.75, 3.05) is 12.9 Å². The van der Waals surface area contributed by atoms with Gasteiger partial charge >= 0.3 is 5.97 Å². The van der Waals surface area contributed by atoms with Crippen molar-refractivity contribution in [3.63, 3.8) is 0 Å². The molecule has 1 aliphatic rings. The number of benzene rings is 1. The molecule has 0 fully saturated rings. The number of ether oxygens (including phenoxy) is 1. The second-order valence-electron chi connectivity index (χ2n) is 4.70. The first-order valence-corrected chi connectivity index (χ1v) is 7.61. The summed E-state index contributed by atoms with van der Waals surface area (Å²) in [5.41, 5.74) is 1.01. The molecule has 19 heavy (non-hydrogen) atoms. The van der Waals surface area contributed by atoms with Crippen molar-refractivity contribution in [2.45, 2.75) is 24.0 Å². The first-order chi connectivity index (χ1) is 9.13. The number of hydrogen-bond donors (Lipinski definition) is 0. The lowest BCUT2D eigenvalue weighted by molar-refractivity contribution is -0.144. The summed E-state index contributed by atoms with van der Waals surface area (Å²) in [6, 6.07) is 9.71. The highest BCUT2D eigenvalue weighted by atomic mass is 32.2. The number of hydrogen-bond acceptors (Lipinski definition) is 3. The fraction of sp³-hybridized carbons (Fsp3) is 0.400. The lowest BCUT2D eigenvalue weighted by Gasteiger charge is -2.36. The molecule has 0 amide bonds. The zero-order valence-corrected chi connectivity index (χ0v) is 12.0. The average Bonchev–Trinajstić information content (AvgIpc) is 2.47. The van der Waals surface area contributed by atoms with Gasteiger partial charge in [0.05, 0.1) is 7.11 Å². The van der Waals surface area contributed by atoms with Gasteiger partial charge in [-0.15, -0.1) is 0 Å². The molecule has 4 heteroatoms. The minimum Gasteiger partial charge on any atom is -0.468 e. The Labute approximate surface area is 116 Å². The fourth-order valence-electron chi connectivity index (χ4n) is 2.57. The maximum Gasteiger partial charge on any atom is 0.325 e. The quantitative estimate of drug-likeness (QED) is 0.630. The number of esters is 1. The molecule has 0 N–H and O–H groups in total. The molecule has 1 heterocycles. The van der Waals surface area contributed by atoms with Gasteiger partial charge in [0.15, 0.2) is 4.75 Å². The van der Waals surface area contributed by atoms with Gasteiger partial charge in [0.2, 0.25) is 0 Å². The van der Waals surface area contributed by atoms with Crippen molar-refractivity contribution >= 4 is 16.8 Å². The third-order valence-electron chi connectivity index (χ3n) is 3.77. The Hall–Kier alpha value is -1.42. The highest BCUT2D eigenvalue weighted by molar-refractivity contribution is 7.87. The predicted octanol–water partition coefficient (Wildman–Crippen LogP) is 2.41. The lowest BCUT2D eigenvalue weighted by Crippen LogP contribution is -2.50. The average molecular weight is 278 g/mol. The summed E-state index contributed by atoms with van der Waals surface area (Å²) in [5.74, 6) is -0.120. The zero-order chi connectivity index (χ0) is 13.9. The molecule has 2 rings (SSSR count). The highest BCUT2D eigenvalue weighted by Gasteiger charge is 2.50. The van der Waals surface area contributed by atoms with Crippen molar-refractivity contribution in [1.82, 2.24) is 0 Å². The lowest BCUT2D eigenvalue weighted by atomic mass is 9.84. The summed E-state index contributed by atoms with van der Waals surface area (Å²) in [7, 11) is 0.0999. The van der Waals surface area contributed by atoms with Crippen molar-refractivity contribution in [3.8, 4) is 0 Å². The van der Waals surface area contributed by atoms with E-state index < -0.39 is 15.5 Å². The van der Waals surface area contributed by atoms with Gasteiger partial charge in [0, 0.05) is 22.5 Å². The van der Waals surface area contributed by atoms with Crippen LogP contribution in [-0.4, -0.2) is 27.8 Å². The Morgan fingerprint density at radius 1 is 1.32 bits per heavy atom. The minimum atomic E-state index is -1.26. The van der Waals surface area contributed by atoms with Crippen molar-refractivity contribution in [3.05, 3.63) is 48.0 Å². The molecule has 0 aromatic heterocycles. The number of carbonyl (C=O) groups is 1. The minimum absolute atomic E-state index is 0.146. The summed E-state index contributed by atoms with van der Waals surface area (Å²) in [6.07, 6.45) is 4.26. The van der Waals surface area contributed by atoms with Crippen LogP contribution < -0.4 is 0 Å². The molecule has 0 spiro atoms. The first kappa shape index (κ1) is 14.0. The third kappa shape index (κ3) is 2.37. The molecule has 0 saturated heterocycles. The fourth-order valence-corrected chi connectivity index (χ4v) is 4.26. The van der Waals surface area contributed by atoms with E-state index in [9.17, 15) is 9.00 Å². The van der Waals surface area contributed by atoms with Gasteiger partial charge in [0.25, 0.3) is 0 Å². The second kappa shape index (κ2) is 5.70. The van der Waals surface area contributed by atoms with Gasteiger partial charge < -0.3 is 4.74 Å². The van der Waals surface area contributed by atoms with E-state index in [4.69, 9.17) is 4.74 Å². The summed E-state index contributed by atoms with van der Waals surface area (Å²) < 4.78 is 16.5. The standard InChI is InChI=1S/C15H18O3S/c1-12(13-8-4-3-5-9-13)15(14(16)18-2)10-6-7-11-19(15)17/h3-9,12H,10-11H2,1-2H3/t12-,15+,19?/m0/s1. The van der Waals surface area contributed by atoms with Crippen LogP contribution in [-0.2, 0) is 20.3 Å². The maximum absolute atomic E-state index is 12.5. The molecule has 0 radical (unpaired) electrons. The molecule has 3 nitrogen and oxygen atoms in total. The number of carbonyl (C=O) groups excluding carboxylic acids is 1. The Morgan fingerprint density at radius 2 is 2.00 bits per heavy atom. The second-order valence-corrected chi connectivity index (χ2v) is 6.45. The van der Waals surface area contributed by atoms with Crippen LogP contribution in [0, 0.1) is 0 Å². The first-order valence-electron chi connectivity index (χ1n) is 6.29. The predicted molar refractivity (Wildman–Crippen MR) is 76.4 cm³/mol. The van der Waals surface area contributed by atoms with Crippen molar-refractivity contribution in [1.29, 1.82) is 0 Å². The smallest absolute Gasteiger partial charge is 0.325 e. The highest BCUT2D eigenvalue weighted by Crippen LogP contribution is 2.39. The van der Waals surface area contributed by atoms with Gasteiger partial charge in [-0.05, 0) is 12.0 Å². The van der Waals surface area contributed by atoms with Gasteiger partial charge in [-0.1, -0.05) is 49.4 Å². The molecular formula is C15H18O3S. The summed E-state index contributed by atoms with van der Waals surface area (Å²) in [4.78, 5) is 12.3. The van der Waals surface area contributed by atoms with Gasteiger partial charge in [-0.25, -0.2) is 0 Å². The number of methoxy groups -OCH3 is 1. The van der Waals surface area contributed by atoms with E-state index in [-0.39, 0.29) is 11.9 Å². The van der Waals surface area contributed by atoms with E-state index in [0.29, 0.717) is 12.2 Å². The molecule has 102 valence electrons. The van der Waals surface area contributed by atoms with E-state index in [0.717, 1.165) is 5.56 Å². The molecule has 0 saturated carbocycles.